The fraction of sp³-hybridized carbons (Fsp3) is 0.0909. The van der Waals surface area contributed by atoms with Gasteiger partial charge in [-0.1, -0.05) is 30.3 Å². The lowest BCUT2D eigenvalue weighted by molar-refractivity contribution is 0.640. The van der Waals surface area contributed by atoms with Gasteiger partial charge in [-0.05, 0) is 17.7 Å². The van der Waals surface area contributed by atoms with Crippen molar-refractivity contribution in [1.29, 1.82) is 0 Å². The molecule has 0 unspecified atom stereocenters. The fourth-order valence-corrected chi connectivity index (χ4v) is 3.55. The van der Waals surface area contributed by atoms with Crippen LogP contribution in [0.15, 0.2) is 67.4 Å². The highest BCUT2D eigenvalue weighted by Crippen LogP contribution is 2.36. The lowest BCUT2D eigenvalue weighted by Crippen LogP contribution is -1.94. The Morgan fingerprint density at radius 3 is 2.41 bits per heavy atom. The lowest BCUT2D eigenvalue weighted by Gasteiger charge is -2.08. The van der Waals surface area contributed by atoms with Gasteiger partial charge < -0.3 is 0 Å². The molecule has 29 heavy (non-hydrogen) atoms. The monoisotopic (exact) mass is 384 g/mol. The van der Waals surface area contributed by atoms with E-state index in [1.807, 2.05) is 62.9 Å². The Hall–Kier alpha value is -3.87. The third kappa shape index (κ3) is 2.97. The number of aromatic nitrogens is 6. The molecule has 0 atom stereocenters. The second kappa shape index (κ2) is 6.63. The van der Waals surface area contributed by atoms with Crippen molar-refractivity contribution in [3.05, 3.63) is 73.2 Å². The highest BCUT2D eigenvalue weighted by Gasteiger charge is 2.19. The van der Waals surface area contributed by atoms with Gasteiger partial charge in [0.05, 0.1) is 22.8 Å². The lowest BCUT2D eigenvalue weighted by atomic mass is 10.0. The maximum absolute atomic E-state index is 15.3. The van der Waals surface area contributed by atoms with Crippen LogP contribution in [0.4, 0.5) is 4.39 Å². The third-order valence-corrected chi connectivity index (χ3v) is 4.86. The molecule has 0 aliphatic heterocycles. The van der Waals surface area contributed by atoms with Crippen LogP contribution in [0, 0.1) is 5.82 Å². The molecule has 7 heteroatoms. The van der Waals surface area contributed by atoms with Crippen LogP contribution in [0.1, 0.15) is 0 Å². The van der Waals surface area contributed by atoms with Crippen LogP contribution in [0.3, 0.4) is 0 Å². The van der Waals surface area contributed by atoms with E-state index in [1.54, 1.807) is 15.6 Å². The molecule has 0 radical (unpaired) electrons. The predicted molar refractivity (Wildman–Crippen MR) is 109 cm³/mol. The number of aryl methyl sites for hydroxylation is 2. The number of fused-ring (bicyclic) bond motifs is 1. The van der Waals surface area contributed by atoms with Gasteiger partial charge in [0, 0.05) is 43.2 Å². The summed E-state index contributed by atoms with van der Waals surface area (Å²) in [7, 11) is 3.67. The summed E-state index contributed by atoms with van der Waals surface area (Å²) >= 11 is 0. The van der Waals surface area contributed by atoms with Gasteiger partial charge >= 0.3 is 0 Å². The summed E-state index contributed by atoms with van der Waals surface area (Å²) in [6.07, 6.45) is 6.87. The van der Waals surface area contributed by atoms with Crippen LogP contribution < -0.4 is 0 Å². The van der Waals surface area contributed by atoms with E-state index in [0.29, 0.717) is 16.6 Å². The van der Waals surface area contributed by atoms with Crippen molar-refractivity contribution in [3.8, 4) is 33.6 Å². The molecule has 5 aromatic rings. The van der Waals surface area contributed by atoms with E-state index in [4.69, 9.17) is 0 Å². The summed E-state index contributed by atoms with van der Waals surface area (Å²) in [6, 6.07) is 13.2. The zero-order valence-electron chi connectivity index (χ0n) is 15.9. The van der Waals surface area contributed by atoms with E-state index in [9.17, 15) is 0 Å². The Kier molecular flexibility index (Phi) is 3.94. The van der Waals surface area contributed by atoms with Crippen molar-refractivity contribution in [2.24, 2.45) is 14.1 Å². The summed E-state index contributed by atoms with van der Waals surface area (Å²) in [4.78, 5) is 8.75. The highest BCUT2D eigenvalue weighted by molar-refractivity contribution is 5.97. The maximum Gasteiger partial charge on any atom is 0.135 e. The van der Waals surface area contributed by atoms with Crippen molar-refractivity contribution in [3.63, 3.8) is 0 Å². The van der Waals surface area contributed by atoms with Crippen LogP contribution in [0.25, 0.3) is 44.5 Å². The molecule has 3 heterocycles. The first-order valence-corrected chi connectivity index (χ1v) is 9.13. The number of hydrogen-bond acceptors (Lipinski definition) is 4. The highest BCUT2D eigenvalue weighted by atomic mass is 19.1. The molecule has 0 saturated carbocycles. The van der Waals surface area contributed by atoms with Crippen LogP contribution >= 0.6 is 0 Å². The summed E-state index contributed by atoms with van der Waals surface area (Å²) in [6.45, 7) is 0. The zero-order chi connectivity index (χ0) is 20.0. The molecule has 0 amide bonds. The van der Waals surface area contributed by atoms with Crippen molar-refractivity contribution in [1.82, 2.24) is 29.5 Å². The molecule has 0 bridgehead atoms. The van der Waals surface area contributed by atoms with Gasteiger partial charge in [0.1, 0.15) is 17.8 Å². The summed E-state index contributed by atoms with van der Waals surface area (Å²) in [5.74, 6) is -0.375. The van der Waals surface area contributed by atoms with Crippen molar-refractivity contribution < 1.29 is 4.39 Å². The van der Waals surface area contributed by atoms with Gasteiger partial charge in [0.25, 0.3) is 0 Å². The fourth-order valence-electron chi connectivity index (χ4n) is 3.55. The average Bonchev–Trinajstić information content (AvgIpc) is 3.34. The van der Waals surface area contributed by atoms with Crippen LogP contribution in [0.2, 0.25) is 0 Å². The summed E-state index contributed by atoms with van der Waals surface area (Å²) < 4.78 is 18.7. The Bertz CT molecular complexity index is 1340. The molecule has 0 spiro atoms. The number of hydrogen-bond donors (Lipinski definition) is 0. The Balaban J connectivity index is 1.74. The Morgan fingerprint density at radius 1 is 0.828 bits per heavy atom. The molecule has 6 nitrogen and oxygen atoms in total. The minimum atomic E-state index is -0.375. The maximum atomic E-state index is 15.3. The van der Waals surface area contributed by atoms with Gasteiger partial charge in [0.2, 0.25) is 0 Å². The SMILES string of the molecule is Cn1cc(-c2cc(F)c3c(-c4cn(C)nc4-c4ccccc4)ncnc3c2)cn1. The first-order chi connectivity index (χ1) is 14.1. The molecule has 5 rings (SSSR count). The van der Waals surface area contributed by atoms with E-state index in [-0.39, 0.29) is 5.82 Å². The van der Waals surface area contributed by atoms with Crippen molar-refractivity contribution in [2.45, 2.75) is 0 Å². The molecule has 2 aromatic carbocycles. The molecule has 3 aromatic heterocycles. The number of halogens is 1. The van der Waals surface area contributed by atoms with Crippen LogP contribution in [-0.4, -0.2) is 29.5 Å². The normalized spacial score (nSPS) is 11.3. The van der Waals surface area contributed by atoms with Gasteiger partial charge in [-0.2, -0.15) is 10.2 Å². The van der Waals surface area contributed by atoms with E-state index < -0.39 is 0 Å². The van der Waals surface area contributed by atoms with E-state index in [1.165, 1.54) is 12.4 Å². The average molecular weight is 384 g/mol. The van der Waals surface area contributed by atoms with E-state index in [2.05, 4.69) is 20.2 Å². The molecule has 0 aliphatic carbocycles. The number of benzene rings is 2. The quantitative estimate of drug-likeness (QED) is 0.467. The minimum absolute atomic E-state index is 0.375. The third-order valence-electron chi connectivity index (χ3n) is 4.86. The second-order valence-corrected chi connectivity index (χ2v) is 6.91. The smallest absolute Gasteiger partial charge is 0.135 e. The van der Waals surface area contributed by atoms with Crippen LogP contribution in [0.5, 0.6) is 0 Å². The topological polar surface area (TPSA) is 61.4 Å². The molecule has 0 aliphatic rings. The van der Waals surface area contributed by atoms with Gasteiger partial charge in [-0.25, -0.2) is 14.4 Å². The molecule has 0 saturated heterocycles. The Morgan fingerprint density at radius 2 is 1.66 bits per heavy atom. The molecular weight excluding hydrogens is 367 g/mol. The molecule has 0 fully saturated rings. The summed E-state index contributed by atoms with van der Waals surface area (Å²) in [5, 5.41) is 9.13. The number of rotatable bonds is 3. The standard InChI is InChI=1S/C22H17FN6/c1-28-11-16(10-26-28)15-8-18(23)20-19(9-15)24-13-25-22(20)17-12-29(2)27-21(17)14-6-4-3-5-7-14/h3-13H,1-2H3. The summed E-state index contributed by atoms with van der Waals surface area (Å²) in [5.41, 5.74) is 5.08. The first kappa shape index (κ1) is 17.2. The van der Waals surface area contributed by atoms with E-state index >= 15 is 4.39 Å². The predicted octanol–water partition coefficient (Wildman–Crippen LogP) is 4.24. The minimum Gasteiger partial charge on any atom is -0.275 e. The first-order valence-electron chi connectivity index (χ1n) is 9.13. The number of nitrogens with zero attached hydrogens (tertiary/aromatic N) is 6. The Labute approximate surface area is 166 Å². The second-order valence-electron chi connectivity index (χ2n) is 6.91. The van der Waals surface area contributed by atoms with Crippen LogP contribution in [-0.2, 0) is 14.1 Å². The molecule has 142 valence electrons. The van der Waals surface area contributed by atoms with Crippen molar-refractivity contribution >= 4 is 10.9 Å². The van der Waals surface area contributed by atoms with Gasteiger partial charge in [0.15, 0.2) is 0 Å². The van der Waals surface area contributed by atoms with Gasteiger partial charge in [-0.3, -0.25) is 9.36 Å². The van der Waals surface area contributed by atoms with Gasteiger partial charge in [-0.15, -0.1) is 0 Å². The van der Waals surface area contributed by atoms with Crippen molar-refractivity contribution in [2.75, 3.05) is 0 Å². The molecule has 0 N–H and O–H groups in total. The molecular formula is C22H17FN6. The van der Waals surface area contributed by atoms with E-state index in [0.717, 1.165) is 27.9 Å². The largest absolute Gasteiger partial charge is 0.275 e. The zero-order valence-corrected chi connectivity index (χ0v) is 15.9.